The van der Waals surface area contributed by atoms with Gasteiger partial charge in [-0.15, -0.1) is 0 Å². The topological polar surface area (TPSA) is 203 Å². The first-order chi connectivity index (χ1) is 29.1. The number of carbonyl (C=O) groups is 5. The molecule has 8 rings (SSSR count). The number of oxazole rings is 1. The highest BCUT2D eigenvalue weighted by Gasteiger charge is 2.39. The molecule has 310 valence electrons. The van der Waals surface area contributed by atoms with Crippen LogP contribution in [0.2, 0.25) is 0 Å². The Kier molecular flexibility index (Phi) is 11.6. The number of fused-ring (bicyclic) bond motifs is 1. The van der Waals surface area contributed by atoms with Crippen LogP contribution < -0.4 is 21.3 Å². The first kappa shape index (κ1) is 39.8. The largest absolute Gasteiger partial charge is 0.450 e. The number of aromatic nitrogens is 4. The summed E-state index contributed by atoms with van der Waals surface area (Å²) in [5, 5.41) is 14.8. The van der Waals surface area contributed by atoms with E-state index in [1.54, 1.807) is 42.6 Å². The second kappa shape index (κ2) is 17.5. The van der Waals surface area contributed by atoms with Crippen molar-refractivity contribution < 1.29 is 41.9 Å². The standard InChI is InChI=1S/C42H41F2N9O7/c43-37(44)36-31(48-38(55)32-23-60-40(49-32)27-14-15-45-34(18-27)46-19-25-4-5-25)22-53(51-36)29-9-6-24(7-10-29)3-1-2-16-59-42(58)47-20-26-8-11-30-28(17-26)21-52(41(30)57)33-12-13-35(54)50-39(33)56/h6-11,14-15,17-18,22-23,25,33,37H,1-5,12-13,16,19-21H2,(H,45,46)(H,47,58)(H,48,55)(H,50,54,56). The normalized spacial score (nSPS) is 16.1. The lowest BCUT2D eigenvalue weighted by Gasteiger charge is -2.29. The van der Waals surface area contributed by atoms with E-state index in [4.69, 9.17) is 9.15 Å². The summed E-state index contributed by atoms with van der Waals surface area (Å²) in [5.41, 5.74) is 3.25. The van der Waals surface area contributed by atoms with Gasteiger partial charge in [-0.3, -0.25) is 24.5 Å². The number of piperidine rings is 1. The van der Waals surface area contributed by atoms with Crippen LogP contribution in [-0.2, 0) is 33.8 Å². The molecule has 1 saturated carbocycles. The van der Waals surface area contributed by atoms with Gasteiger partial charge in [0.25, 0.3) is 18.2 Å². The van der Waals surface area contributed by atoms with Crippen molar-refractivity contribution >= 4 is 41.2 Å². The van der Waals surface area contributed by atoms with Gasteiger partial charge in [0, 0.05) is 43.4 Å². The van der Waals surface area contributed by atoms with Crippen LogP contribution in [0.5, 0.6) is 0 Å². The molecule has 3 aliphatic rings. The number of hydrogen-bond acceptors (Lipinski definition) is 11. The van der Waals surface area contributed by atoms with E-state index >= 15 is 0 Å². The van der Waals surface area contributed by atoms with Gasteiger partial charge in [0.1, 0.15) is 18.1 Å². The number of anilines is 2. The third-order valence-electron chi connectivity index (χ3n) is 10.5. The van der Waals surface area contributed by atoms with E-state index in [0.29, 0.717) is 47.8 Å². The van der Waals surface area contributed by atoms with Crippen LogP contribution in [0.15, 0.2) is 77.7 Å². The van der Waals surface area contributed by atoms with Crippen LogP contribution in [0.1, 0.15) is 88.2 Å². The lowest BCUT2D eigenvalue weighted by atomic mass is 10.0. The summed E-state index contributed by atoms with van der Waals surface area (Å²) in [6.07, 6.45) is 5.39. The number of hydrogen-bond donors (Lipinski definition) is 4. The molecular weight excluding hydrogens is 781 g/mol. The maximum atomic E-state index is 14.0. The number of ether oxygens (including phenoxy) is 1. The molecule has 5 amide bonds. The Bertz CT molecular complexity index is 2430. The predicted molar refractivity (Wildman–Crippen MR) is 211 cm³/mol. The van der Waals surface area contributed by atoms with Crippen molar-refractivity contribution in [3.63, 3.8) is 0 Å². The average molecular weight is 822 g/mol. The number of nitrogens with one attached hydrogen (secondary N) is 4. The molecule has 0 spiro atoms. The first-order valence-corrected chi connectivity index (χ1v) is 19.7. The van der Waals surface area contributed by atoms with E-state index in [-0.39, 0.29) is 61.6 Å². The summed E-state index contributed by atoms with van der Waals surface area (Å²) < 4.78 is 40.2. The zero-order valence-corrected chi connectivity index (χ0v) is 32.3. The fourth-order valence-corrected chi connectivity index (χ4v) is 7.08. The molecule has 3 aromatic heterocycles. The monoisotopic (exact) mass is 821 g/mol. The van der Waals surface area contributed by atoms with Crippen LogP contribution in [-0.4, -0.2) is 73.6 Å². The van der Waals surface area contributed by atoms with Gasteiger partial charge in [-0.25, -0.2) is 28.2 Å². The van der Waals surface area contributed by atoms with E-state index in [0.717, 1.165) is 23.2 Å². The van der Waals surface area contributed by atoms with Crippen molar-refractivity contribution in [3.8, 4) is 17.1 Å². The van der Waals surface area contributed by atoms with Gasteiger partial charge in [0.2, 0.25) is 17.7 Å². The molecule has 4 N–H and O–H groups in total. The summed E-state index contributed by atoms with van der Waals surface area (Å²) in [4.78, 5) is 72.2. The van der Waals surface area contributed by atoms with Crippen molar-refractivity contribution in [3.05, 3.63) is 107 Å². The Morgan fingerprint density at radius 2 is 1.82 bits per heavy atom. The Labute approximate surface area is 342 Å². The Hall–Kier alpha value is -6.98. The minimum absolute atomic E-state index is 0.0879. The minimum Gasteiger partial charge on any atom is -0.450 e. The molecular formula is C42H41F2N9O7. The fourth-order valence-electron chi connectivity index (χ4n) is 7.08. The second-order valence-electron chi connectivity index (χ2n) is 14.9. The molecule has 1 atom stereocenters. The third-order valence-corrected chi connectivity index (χ3v) is 10.5. The summed E-state index contributed by atoms with van der Waals surface area (Å²) in [5.74, 6) is -0.313. The number of carbonyl (C=O) groups excluding carboxylic acids is 5. The number of benzene rings is 2. The van der Waals surface area contributed by atoms with Crippen molar-refractivity contribution in [2.45, 2.75) is 70.5 Å². The highest BCUT2D eigenvalue weighted by molar-refractivity contribution is 6.05. The number of alkyl halides is 2. The smallest absolute Gasteiger partial charge is 0.407 e. The molecule has 2 fully saturated rings. The van der Waals surface area contributed by atoms with Crippen LogP contribution in [0.25, 0.3) is 17.1 Å². The summed E-state index contributed by atoms with van der Waals surface area (Å²) in [7, 11) is 0. The maximum Gasteiger partial charge on any atom is 0.407 e. The number of imide groups is 1. The number of pyridine rings is 1. The number of rotatable bonds is 16. The number of nitrogens with zero attached hydrogens (tertiary/aromatic N) is 5. The number of halogens is 2. The van der Waals surface area contributed by atoms with Gasteiger partial charge in [0.05, 0.1) is 24.2 Å². The van der Waals surface area contributed by atoms with Gasteiger partial charge in [-0.05, 0) is 91.5 Å². The second-order valence-corrected chi connectivity index (χ2v) is 14.9. The zero-order valence-electron chi connectivity index (χ0n) is 32.3. The SMILES string of the molecule is O=C1CCC(N2Cc3cc(CNC(=O)OCCCCc4ccc(-n5cc(NC(=O)c6coc(-c7ccnc(NCC8CC8)c7)n6)c(C(F)F)n5)cc4)ccc3C2=O)C(=O)N1. The van der Waals surface area contributed by atoms with Crippen LogP contribution in [0.3, 0.4) is 0 Å². The fraction of sp³-hybridized carbons (Fsp3) is 0.333. The first-order valence-electron chi connectivity index (χ1n) is 19.7. The average Bonchev–Trinajstić information content (AvgIpc) is 3.60. The van der Waals surface area contributed by atoms with E-state index in [1.165, 1.54) is 34.9 Å². The molecule has 5 aromatic rings. The van der Waals surface area contributed by atoms with E-state index < -0.39 is 36.1 Å². The van der Waals surface area contributed by atoms with Gasteiger partial charge in [-0.1, -0.05) is 24.3 Å². The van der Waals surface area contributed by atoms with Crippen molar-refractivity contribution in [1.82, 2.24) is 35.3 Å². The predicted octanol–water partition coefficient (Wildman–Crippen LogP) is 5.94. The Balaban J connectivity index is 0.773. The summed E-state index contributed by atoms with van der Waals surface area (Å²) >= 11 is 0. The van der Waals surface area contributed by atoms with Crippen molar-refractivity contribution in [1.29, 1.82) is 0 Å². The zero-order chi connectivity index (χ0) is 41.8. The highest BCUT2D eigenvalue weighted by Crippen LogP contribution is 2.31. The third kappa shape index (κ3) is 9.32. The van der Waals surface area contributed by atoms with Crippen molar-refractivity contribution in [2.75, 3.05) is 23.8 Å². The molecule has 16 nitrogen and oxygen atoms in total. The number of unbranched alkanes of at least 4 members (excludes halogenated alkanes) is 1. The van der Waals surface area contributed by atoms with Gasteiger partial charge < -0.3 is 30.0 Å². The van der Waals surface area contributed by atoms with Gasteiger partial charge >= 0.3 is 6.09 Å². The molecule has 1 aliphatic carbocycles. The minimum atomic E-state index is -2.96. The van der Waals surface area contributed by atoms with Gasteiger partial charge in [0.15, 0.2) is 11.4 Å². The molecule has 1 saturated heterocycles. The highest BCUT2D eigenvalue weighted by atomic mass is 19.3. The number of alkyl carbamates (subject to hydrolysis) is 1. The Morgan fingerprint density at radius 3 is 2.60 bits per heavy atom. The van der Waals surface area contributed by atoms with Crippen LogP contribution in [0.4, 0.5) is 25.1 Å². The summed E-state index contributed by atoms with van der Waals surface area (Å²) in [6, 6.07) is 15.2. The molecule has 2 aromatic carbocycles. The molecule has 0 bridgehead atoms. The lowest BCUT2D eigenvalue weighted by molar-refractivity contribution is -0.136. The Morgan fingerprint density at radius 1 is 1.00 bits per heavy atom. The van der Waals surface area contributed by atoms with Crippen molar-refractivity contribution in [2.24, 2.45) is 5.92 Å². The molecule has 0 radical (unpaired) electrons. The molecule has 2 aliphatic heterocycles. The number of amides is 5. The van der Waals surface area contributed by atoms with E-state index in [2.05, 4.69) is 36.3 Å². The van der Waals surface area contributed by atoms with E-state index in [1.807, 2.05) is 18.2 Å². The van der Waals surface area contributed by atoms with Crippen LogP contribution in [0, 0.1) is 5.92 Å². The maximum absolute atomic E-state index is 14.0. The molecule has 18 heteroatoms. The quantitative estimate of drug-likeness (QED) is 0.0677. The molecule has 60 heavy (non-hydrogen) atoms. The molecule has 1 unspecified atom stereocenters. The van der Waals surface area contributed by atoms with E-state index in [9.17, 15) is 32.8 Å². The summed E-state index contributed by atoms with van der Waals surface area (Å²) in [6.45, 7) is 1.44. The molecule has 5 heterocycles. The van der Waals surface area contributed by atoms with Crippen LogP contribution >= 0.6 is 0 Å². The number of aryl methyl sites for hydroxylation is 1. The van der Waals surface area contributed by atoms with Gasteiger partial charge in [-0.2, -0.15) is 5.10 Å². The lowest BCUT2D eigenvalue weighted by Crippen LogP contribution is -2.52.